The summed E-state index contributed by atoms with van der Waals surface area (Å²) in [6, 6.07) is 0. The molecule has 0 radical (unpaired) electrons. The van der Waals surface area contributed by atoms with Crippen molar-refractivity contribution >= 4 is 0 Å². The van der Waals surface area contributed by atoms with E-state index in [0.717, 1.165) is 0 Å². The molecule has 1 unspecified atom stereocenters. The Labute approximate surface area is 53.9 Å². The first-order chi connectivity index (χ1) is 4.06. The minimum atomic E-state index is -1.78. The van der Waals surface area contributed by atoms with Gasteiger partial charge in [0.05, 0.1) is 12.7 Å². The highest BCUT2D eigenvalue weighted by molar-refractivity contribution is 5.10. The van der Waals surface area contributed by atoms with Crippen LogP contribution in [0.25, 0.3) is 0 Å². The summed E-state index contributed by atoms with van der Waals surface area (Å²) in [7, 11) is 0. The second kappa shape index (κ2) is 2.83. The van der Waals surface area contributed by atoms with Crippen molar-refractivity contribution in [3.05, 3.63) is 0 Å². The third-order valence-corrected chi connectivity index (χ3v) is 1.18. The van der Waals surface area contributed by atoms with E-state index < -0.39 is 18.3 Å². The van der Waals surface area contributed by atoms with Crippen LogP contribution in [-0.2, 0) is 0 Å². The van der Waals surface area contributed by atoms with Crippen LogP contribution in [0.3, 0.4) is 0 Å². The van der Waals surface area contributed by atoms with Crippen LogP contribution in [0.15, 0.2) is 0 Å². The molecule has 0 aromatic carbocycles. The van der Waals surface area contributed by atoms with Crippen molar-refractivity contribution in [2.24, 2.45) is 0 Å². The van der Waals surface area contributed by atoms with Crippen LogP contribution in [0.5, 0.6) is 0 Å². The molecule has 0 aliphatic carbocycles. The molecule has 0 aliphatic heterocycles. The fraction of sp³-hybridized carbons (Fsp3) is 0.667. The Bertz CT molecular complexity index is 125. The van der Waals surface area contributed by atoms with E-state index in [4.69, 9.17) is 21.7 Å². The van der Waals surface area contributed by atoms with E-state index in [1.165, 1.54) is 6.92 Å². The van der Waals surface area contributed by atoms with Crippen LogP contribution in [-0.4, -0.2) is 33.6 Å². The third-order valence-electron chi connectivity index (χ3n) is 1.18. The third kappa shape index (κ3) is 1.68. The number of terminal acetylenes is 1. The zero-order chi connectivity index (χ0) is 7.49. The van der Waals surface area contributed by atoms with E-state index in [9.17, 15) is 0 Å². The van der Waals surface area contributed by atoms with Crippen molar-refractivity contribution < 1.29 is 15.3 Å². The molecule has 9 heavy (non-hydrogen) atoms. The average Bonchev–Trinajstić information content (AvgIpc) is 1.86. The number of hydrogen-bond donors (Lipinski definition) is 3. The van der Waals surface area contributed by atoms with E-state index in [0.29, 0.717) is 0 Å². The molecule has 52 valence electrons. The minimum Gasteiger partial charge on any atom is -0.392 e. The van der Waals surface area contributed by atoms with Crippen molar-refractivity contribution in [3.8, 4) is 12.3 Å². The van der Waals surface area contributed by atoms with E-state index in [1.54, 1.807) is 0 Å². The van der Waals surface area contributed by atoms with Gasteiger partial charge in [0.1, 0.15) is 0 Å². The van der Waals surface area contributed by atoms with Gasteiger partial charge in [-0.3, -0.25) is 0 Å². The number of hydrogen-bond acceptors (Lipinski definition) is 3. The number of aliphatic hydroxyl groups is 3. The second-order valence-corrected chi connectivity index (χ2v) is 1.90. The van der Waals surface area contributed by atoms with Gasteiger partial charge in [-0.25, -0.2) is 0 Å². The van der Waals surface area contributed by atoms with Gasteiger partial charge in [-0.05, 0) is 6.92 Å². The molecule has 3 heteroatoms. The molecule has 0 saturated heterocycles. The van der Waals surface area contributed by atoms with Gasteiger partial charge in [0.2, 0.25) is 0 Å². The highest BCUT2D eigenvalue weighted by atomic mass is 16.4. The molecule has 0 rings (SSSR count). The molecule has 0 amide bonds. The zero-order valence-corrected chi connectivity index (χ0v) is 5.20. The quantitative estimate of drug-likeness (QED) is 0.408. The normalized spacial score (nSPS) is 19.9. The van der Waals surface area contributed by atoms with Crippen molar-refractivity contribution in [1.82, 2.24) is 0 Å². The average molecular weight is 130 g/mol. The van der Waals surface area contributed by atoms with Gasteiger partial charge in [0, 0.05) is 0 Å². The van der Waals surface area contributed by atoms with Crippen LogP contribution in [0.1, 0.15) is 6.92 Å². The molecule has 0 bridgehead atoms. The predicted molar refractivity (Wildman–Crippen MR) is 32.5 cm³/mol. The largest absolute Gasteiger partial charge is 0.392 e. The number of aliphatic hydroxyl groups excluding tert-OH is 2. The summed E-state index contributed by atoms with van der Waals surface area (Å²) in [5.41, 5.74) is -1.78. The Morgan fingerprint density at radius 3 is 2.22 bits per heavy atom. The van der Waals surface area contributed by atoms with Gasteiger partial charge >= 0.3 is 0 Å². The van der Waals surface area contributed by atoms with Crippen LogP contribution in [0.4, 0.5) is 0 Å². The number of rotatable bonds is 2. The van der Waals surface area contributed by atoms with Crippen LogP contribution in [0.2, 0.25) is 0 Å². The molecule has 3 nitrogen and oxygen atoms in total. The lowest BCUT2D eigenvalue weighted by molar-refractivity contribution is -0.0554. The lowest BCUT2D eigenvalue weighted by atomic mass is 10.0. The fourth-order valence-corrected chi connectivity index (χ4v) is 0.298. The Morgan fingerprint density at radius 1 is 1.78 bits per heavy atom. The van der Waals surface area contributed by atoms with Gasteiger partial charge in [-0.15, -0.1) is 6.42 Å². The highest BCUT2D eigenvalue weighted by Gasteiger charge is 2.28. The van der Waals surface area contributed by atoms with Gasteiger partial charge < -0.3 is 15.3 Å². The van der Waals surface area contributed by atoms with E-state index >= 15 is 0 Å². The molecule has 0 saturated carbocycles. The second-order valence-electron chi connectivity index (χ2n) is 1.90. The van der Waals surface area contributed by atoms with Gasteiger partial charge in [0.25, 0.3) is 0 Å². The summed E-state index contributed by atoms with van der Waals surface area (Å²) >= 11 is 0. The Balaban J connectivity index is 4.14. The van der Waals surface area contributed by atoms with Crippen molar-refractivity contribution in [2.45, 2.75) is 18.6 Å². The molecular weight excluding hydrogens is 120 g/mol. The molecule has 0 spiro atoms. The molecule has 3 N–H and O–H groups in total. The fourth-order valence-electron chi connectivity index (χ4n) is 0.298. The predicted octanol–water partition coefficient (Wildman–Crippen LogP) is -1.28. The molecule has 0 aliphatic rings. The smallest absolute Gasteiger partial charge is 0.173 e. The lowest BCUT2D eigenvalue weighted by Crippen LogP contribution is -2.42. The maximum atomic E-state index is 8.97. The van der Waals surface area contributed by atoms with Crippen LogP contribution < -0.4 is 0 Å². The Hall–Kier alpha value is -0.560. The molecular formula is C6H10O3. The Morgan fingerprint density at radius 2 is 2.22 bits per heavy atom. The standard InChI is InChI=1S/C6H10O3/c1-3-6(9,4-7)5(2)8/h1,5,7-9H,4H2,2H3/t5?,6-/m1/s1. The summed E-state index contributed by atoms with van der Waals surface area (Å²) in [5, 5.41) is 26.1. The first-order valence-electron chi connectivity index (χ1n) is 2.56. The van der Waals surface area contributed by atoms with Crippen molar-refractivity contribution in [1.29, 1.82) is 0 Å². The Kier molecular flexibility index (Phi) is 2.65. The molecule has 0 heterocycles. The summed E-state index contributed by atoms with van der Waals surface area (Å²) in [6.45, 7) is 0.692. The molecule has 0 fully saturated rings. The van der Waals surface area contributed by atoms with E-state index in [1.807, 2.05) is 5.92 Å². The topological polar surface area (TPSA) is 60.7 Å². The van der Waals surface area contributed by atoms with Crippen LogP contribution in [0, 0.1) is 12.3 Å². The molecule has 2 atom stereocenters. The summed E-state index contributed by atoms with van der Waals surface area (Å²) in [4.78, 5) is 0. The summed E-state index contributed by atoms with van der Waals surface area (Å²) < 4.78 is 0. The highest BCUT2D eigenvalue weighted by Crippen LogP contribution is 2.06. The zero-order valence-electron chi connectivity index (χ0n) is 5.20. The van der Waals surface area contributed by atoms with E-state index in [2.05, 4.69) is 0 Å². The van der Waals surface area contributed by atoms with Crippen molar-refractivity contribution in [2.75, 3.05) is 6.61 Å². The van der Waals surface area contributed by atoms with Gasteiger partial charge in [-0.1, -0.05) is 5.92 Å². The SMILES string of the molecule is C#C[C@@](O)(CO)C(C)O. The van der Waals surface area contributed by atoms with Crippen molar-refractivity contribution in [3.63, 3.8) is 0 Å². The summed E-state index contributed by atoms with van der Waals surface area (Å²) in [6.07, 6.45) is 3.69. The maximum Gasteiger partial charge on any atom is 0.173 e. The lowest BCUT2D eigenvalue weighted by Gasteiger charge is -2.21. The first-order valence-corrected chi connectivity index (χ1v) is 2.56. The van der Waals surface area contributed by atoms with Crippen LogP contribution >= 0.6 is 0 Å². The van der Waals surface area contributed by atoms with Gasteiger partial charge in [0.15, 0.2) is 5.60 Å². The molecule has 0 aromatic rings. The summed E-state index contributed by atoms with van der Waals surface area (Å²) in [5.74, 6) is 1.88. The monoisotopic (exact) mass is 130 g/mol. The van der Waals surface area contributed by atoms with Gasteiger partial charge in [-0.2, -0.15) is 0 Å². The van der Waals surface area contributed by atoms with E-state index in [-0.39, 0.29) is 0 Å². The minimum absolute atomic E-state index is 0.624. The maximum absolute atomic E-state index is 8.97. The first kappa shape index (κ1) is 8.44. The molecule has 0 aromatic heterocycles.